The Kier molecular flexibility index (Phi) is 4.52. The normalized spacial score (nSPS) is 13.8. The van der Waals surface area contributed by atoms with Crippen molar-refractivity contribution in [2.75, 3.05) is 30.4 Å². The van der Waals surface area contributed by atoms with Crippen molar-refractivity contribution in [3.63, 3.8) is 0 Å². The largest absolute Gasteiger partial charge is 0.370 e. The lowest BCUT2D eigenvalue weighted by molar-refractivity contribution is 0.769. The Bertz CT molecular complexity index is 336. The van der Waals surface area contributed by atoms with Crippen LogP contribution in [0.25, 0.3) is 0 Å². The van der Waals surface area contributed by atoms with Crippen molar-refractivity contribution in [1.82, 2.24) is 10.2 Å². The van der Waals surface area contributed by atoms with Crippen molar-refractivity contribution in [2.45, 2.75) is 33.6 Å². The van der Waals surface area contributed by atoms with Crippen LogP contribution in [0.1, 0.15) is 39.3 Å². The van der Waals surface area contributed by atoms with Gasteiger partial charge in [-0.3, -0.25) is 0 Å². The highest BCUT2D eigenvalue weighted by molar-refractivity contribution is 5.67. The van der Waals surface area contributed by atoms with Crippen LogP contribution in [0, 0.1) is 0 Å². The molecule has 4 heteroatoms. The van der Waals surface area contributed by atoms with Crippen LogP contribution in [0.15, 0.2) is 6.07 Å². The van der Waals surface area contributed by atoms with Gasteiger partial charge in [0.2, 0.25) is 0 Å². The number of fused-ring (bicyclic) bond motifs is 1. The zero-order chi connectivity index (χ0) is 12.1. The predicted octanol–water partition coefficient (Wildman–Crippen LogP) is 2.49. The Morgan fingerprint density at radius 1 is 1.31 bits per heavy atom. The molecule has 1 N–H and O–H groups in total. The number of aromatic nitrogens is 2. The summed E-state index contributed by atoms with van der Waals surface area (Å²) < 4.78 is 0. The van der Waals surface area contributed by atoms with E-state index in [1.807, 2.05) is 13.8 Å². The first kappa shape index (κ1) is 12.7. The predicted molar refractivity (Wildman–Crippen MR) is 69.2 cm³/mol. The summed E-state index contributed by atoms with van der Waals surface area (Å²) in [5.74, 6) is 1.34. The van der Waals surface area contributed by atoms with Crippen LogP contribution in [-0.2, 0) is 0 Å². The Balaban J connectivity index is 0.000000606. The van der Waals surface area contributed by atoms with Gasteiger partial charge in [-0.25, -0.2) is 0 Å². The van der Waals surface area contributed by atoms with Crippen LogP contribution < -0.4 is 10.2 Å². The van der Waals surface area contributed by atoms with Crippen molar-refractivity contribution < 1.29 is 0 Å². The van der Waals surface area contributed by atoms with Gasteiger partial charge in [-0.05, 0) is 12.0 Å². The minimum absolute atomic E-state index is 0.433. The van der Waals surface area contributed by atoms with Gasteiger partial charge < -0.3 is 10.2 Å². The summed E-state index contributed by atoms with van der Waals surface area (Å²) >= 11 is 0. The lowest BCUT2D eigenvalue weighted by Gasteiger charge is -2.27. The van der Waals surface area contributed by atoms with E-state index in [1.54, 1.807) is 0 Å². The van der Waals surface area contributed by atoms with Gasteiger partial charge in [0.15, 0.2) is 5.82 Å². The van der Waals surface area contributed by atoms with Crippen LogP contribution in [0.5, 0.6) is 0 Å². The minimum Gasteiger partial charge on any atom is -0.370 e. The Morgan fingerprint density at radius 3 is 2.62 bits per heavy atom. The lowest BCUT2D eigenvalue weighted by Crippen LogP contribution is -2.31. The molecule has 0 atom stereocenters. The first-order valence-electron chi connectivity index (χ1n) is 6.01. The van der Waals surface area contributed by atoms with E-state index in [0.29, 0.717) is 5.92 Å². The number of likely N-dealkylation sites (N-methyl/N-ethyl adjacent to an activating group) is 1. The second-order valence-electron chi connectivity index (χ2n) is 4.01. The monoisotopic (exact) mass is 222 g/mol. The average molecular weight is 222 g/mol. The first-order chi connectivity index (χ1) is 7.68. The van der Waals surface area contributed by atoms with E-state index in [1.165, 1.54) is 0 Å². The third-order valence-corrected chi connectivity index (χ3v) is 2.54. The van der Waals surface area contributed by atoms with Crippen LogP contribution in [0.4, 0.5) is 11.5 Å². The third kappa shape index (κ3) is 2.62. The molecule has 4 nitrogen and oxygen atoms in total. The third-order valence-electron chi connectivity index (χ3n) is 2.54. The van der Waals surface area contributed by atoms with Crippen LogP contribution in [0.3, 0.4) is 0 Å². The van der Waals surface area contributed by atoms with Crippen LogP contribution in [0.2, 0.25) is 0 Å². The molecule has 1 aliphatic rings. The fourth-order valence-corrected chi connectivity index (χ4v) is 1.56. The molecule has 0 amide bonds. The molecular formula is C12H22N4. The molecule has 0 saturated heterocycles. The van der Waals surface area contributed by atoms with Gasteiger partial charge in [0.25, 0.3) is 0 Å². The van der Waals surface area contributed by atoms with Gasteiger partial charge in [-0.15, -0.1) is 5.10 Å². The zero-order valence-electron chi connectivity index (χ0n) is 10.9. The van der Waals surface area contributed by atoms with Crippen molar-refractivity contribution >= 4 is 11.5 Å². The van der Waals surface area contributed by atoms with Gasteiger partial charge in [0.05, 0.1) is 11.4 Å². The molecule has 0 saturated carbocycles. The molecule has 0 aliphatic carbocycles. The molecule has 0 bridgehead atoms. The molecule has 1 aromatic rings. The molecule has 2 heterocycles. The van der Waals surface area contributed by atoms with Gasteiger partial charge in [0, 0.05) is 20.1 Å². The highest BCUT2D eigenvalue weighted by atomic mass is 15.3. The first-order valence-corrected chi connectivity index (χ1v) is 6.01. The second-order valence-corrected chi connectivity index (χ2v) is 4.01. The summed E-state index contributed by atoms with van der Waals surface area (Å²) in [4.78, 5) is 2.21. The fraction of sp³-hybridized carbons (Fsp3) is 0.667. The summed E-state index contributed by atoms with van der Waals surface area (Å²) in [6.07, 6.45) is 0. The molecule has 90 valence electrons. The molecule has 1 aromatic heterocycles. The van der Waals surface area contributed by atoms with Gasteiger partial charge >= 0.3 is 0 Å². The molecule has 0 spiro atoms. The van der Waals surface area contributed by atoms with Crippen LogP contribution in [-0.4, -0.2) is 30.3 Å². The quantitative estimate of drug-likeness (QED) is 0.792. The highest BCUT2D eigenvalue weighted by Gasteiger charge is 2.16. The molecule has 0 unspecified atom stereocenters. The van der Waals surface area contributed by atoms with E-state index in [-0.39, 0.29) is 0 Å². The number of hydrogen-bond donors (Lipinski definition) is 1. The molecule has 1 aliphatic heterocycles. The summed E-state index contributed by atoms with van der Waals surface area (Å²) in [6.45, 7) is 10.2. The smallest absolute Gasteiger partial charge is 0.172 e. The van der Waals surface area contributed by atoms with E-state index in [2.05, 4.69) is 47.4 Å². The standard InChI is InChI=1S/C10H16N4.C2H6/c1-7(2)8-6-9-10(13-12-8)11-4-5-14(9)3;1-2/h6-7H,4-5H2,1-3H3,(H,11,13);1-2H3. The fourth-order valence-electron chi connectivity index (χ4n) is 1.56. The summed E-state index contributed by atoms with van der Waals surface area (Å²) in [5.41, 5.74) is 2.22. The Morgan fingerprint density at radius 2 is 2.00 bits per heavy atom. The van der Waals surface area contributed by atoms with Gasteiger partial charge in [-0.2, -0.15) is 5.10 Å². The second kappa shape index (κ2) is 5.68. The SMILES string of the molecule is CC.CC(C)c1cc2c(nn1)NCCN2C. The summed E-state index contributed by atoms with van der Waals surface area (Å²) in [6, 6.07) is 2.12. The molecule has 0 fully saturated rings. The van der Waals surface area contributed by atoms with Crippen molar-refractivity contribution in [3.8, 4) is 0 Å². The van der Waals surface area contributed by atoms with Crippen molar-refractivity contribution in [3.05, 3.63) is 11.8 Å². The number of nitrogens with one attached hydrogen (secondary N) is 1. The molecule has 0 aromatic carbocycles. The number of anilines is 2. The lowest BCUT2D eigenvalue weighted by atomic mass is 10.1. The minimum atomic E-state index is 0.433. The molecule has 16 heavy (non-hydrogen) atoms. The van der Waals surface area contributed by atoms with E-state index in [0.717, 1.165) is 30.3 Å². The van der Waals surface area contributed by atoms with Crippen molar-refractivity contribution in [2.24, 2.45) is 0 Å². The van der Waals surface area contributed by atoms with Gasteiger partial charge in [0.1, 0.15) is 0 Å². The maximum absolute atomic E-state index is 4.19. The Hall–Kier alpha value is -1.32. The topological polar surface area (TPSA) is 41.1 Å². The number of nitrogens with zero attached hydrogens (tertiary/aromatic N) is 3. The average Bonchev–Trinajstić information content (AvgIpc) is 2.32. The number of hydrogen-bond acceptors (Lipinski definition) is 4. The van der Waals surface area contributed by atoms with Gasteiger partial charge in [-0.1, -0.05) is 27.7 Å². The maximum Gasteiger partial charge on any atom is 0.172 e. The zero-order valence-corrected chi connectivity index (χ0v) is 10.9. The van der Waals surface area contributed by atoms with E-state index in [9.17, 15) is 0 Å². The van der Waals surface area contributed by atoms with Crippen molar-refractivity contribution in [1.29, 1.82) is 0 Å². The van der Waals surface area contributed by atoms with Crippen LogP contribution >= 0.6 is 0 Å². The molecule has 0 radical (unpaired) electrons. The molecule has 2 rings (SSSR count). The van der Waals surface area contributed by atoms with E-state index in [4.69, 9.17) is 0 Å². The number of rotatable bonds is 1. The van der Waals surface area contributed by atoms with E-state index >= 15 is 0 Å². The molecular weight excluding hydrogens is 200 g/mol. The highest BCUT2D eigenvalue weighted by Crippen LogP contribution is 2.27. The maximum atomic E-state index is 4.19. The summed E-state index contributed by atoms with van der Waals surface area (Å²) in [7, 11) is 2.09. The van der Waals surface area contributed by atoms with E-state index < -0.39 is 0 Å². The summed E-state index contributed by atoms with van der Waals surface area (Å²) in [5, 5.41) is 11.6. The Labute approximate surface area is 98.1 Å².